The second-order valence-corrected chi connectivity index (χ2v) is 3.10. The summed E-state index contributed by atoms with van der Waals surface area (Å²) in [6.07, 6.45) is -1.23. The van der Waals surface area contributed by atoms with Crippen LogP contribution in [0.4, 0.5) is 0 Å². The summed E-state index contributed by atoms with van der Waals surface area (Å²) >= 11 is 0. The molecule has 0 aliphatic carbocycles. The van der Waals surface area contributed by atoms with Gasteiger partial charge < -0.3 is 26.6 Å². The first-order valence-electron chi connectivity index (χ1n) is 4.55. The number of amides is 2. The van der Waals surface area contributed by atoms with Gasteiger partial charge in [0.05, 0.1) is 19.2 Å². The predicted octanol–water partition coefficient (Wildman–Crippen LogP) is -2.99. The average Bonchev–Trinajstić information content (AvgIpc) is 2.21. The van der Waals surface area contributed by atoms with Gasteiger partial charge in [-0.3, -0.25) is 9.59 Å². The summed E-state index contributed by atoms with van der Waals surface area (Å²) in [5.74, 6) is -2.59. The minimum atomic E-state index is -1.40. The third-order valence-corrected chi connectivity index (χ3v) is 1.70. The maximum Gasteiger partial charge on any atom is 0.328 e. The van der Waals surface area contributed by atoms with E-state index in [-0.39, 0.29) is 13.1 Å². The van der Waals surface area contributed by atoms with Gasteiger partial charge in [0.2, 0.25) is 11.8 Å². The summed E-state index contributed by atoms with van der Waals surface area (Å²) in [6.45, 7) is 0.593. The van der Waals surface area contributed by atoms with Gasteiger partial charge in [-0.1, -0.05) is 0 Å². The average molecular weight is 233 g/mol. The summed E-state index contributed by atoms with van der Waals surface area (Å²) in [6, 6.07) is -1.40. The monoisotopic (exact) mass is 233 g/mol. The zero-order chi connectivity index (χ0) is 12.7. The number of carboxylic acid groups (broad SMARTS) is 1. The zero-order valence-electron chi connectivity index (χ0n) is 8.77. The molecule has 0 radical (unpaired) electrons. The van der Waals surface area contributed by atoms with Crippen molar-refractivity contribution in [1.82, 2.24) is 10.6 Å². The van der Waals surface area contributed by atoms with E-state index in [4.69, 9.17) is 15.9 Å². The van der Waals surface area contributed by atoms with Crippen LogP contribution in [0.2, 0.25) is 0 Å². The Morgan fingerprint density at radius 1 is 1.31 bits per heavy atom. The minimum absolute atomic E-state index is 0.258. The molecule has 0 aliphatic heterocycles. The van der Waals surface area contributed by atoms with E-state index in [2.05, 4.69) is 10.6 Å². The van der Waals surface area contributed by atoms with Crippen molar-refractivity contribution in [3.8, 4) is 0 Å². The van der Waals surface area contributed by atoms with Gasteiger partial charge in [0.1, 0.15) is 0 Å². The van der Waals surface area contributed by atoms with Gasteiger partial charge in [0, 0.05) is 0 Å². The van der Waals surface area contributed by atoms with Crippen molar-refractivity contribution in [3.63, 3.8) is 0 Å². The molecule has 2 atom stereocenters. The Labute approximate surface area is 91.8 Å². The molecule has 0 rings (SSSR count). The van der Waals surface area contributed by atoms with Gasteiger partial charge in [0.25, 0.3) is 0 Å². The Morgan fingerprint density at radius 2 is 1.88 bits per heavy atom. The van der Waals surface area contributed by atoms with Crippen molar-refractivity contribution in [2.24, 2.45) is 5.73 Å². The lowest BCUT2D eigenvalue weighted by atomic mass is 10.2. The Hall–Kier alpha value is -1.67. The van der Waals surface area contributed by atoms with Gasteiger partial charge in [-0.05, 0) is 6.92 Å². The highest BCUT2D eigenvalue weighted by atomic mass is 16.4. The number of rotatable bonds is 6. The van der Waals surface area contributed by atoms with Crippen molar-refractivity contribution in [2.75, 3.05) is 13.1 Å². The van der Waals surface area contributed by atoms with Crippen LogP contribution in [0.15, 0.2) is 0 Å². The standard InChI is InChI=1S/C8H15N3O5/c1-4(12)7(8(15)16)11-6(14)3-10-5(13)2-9/h4,7,12H,2-3,9H2,1H3,(H,10,13)(H,11,14)(H,15,16). The van der Waals surface area contributed by atoms with Gasteiger partial charge in [-0.25, -0.2) is 4.79 Å². The van der Waals surface area contributed by atoms with Crippen molar-refractivity contribution in [2.45, 2.75) is 19.1 Å². The fourth-order valence-electron chi connectivity index (χ4n) is 0.864. The molecule has 6 N–H and O–H groups in total. The van der Waals surface area contributed by atoms with Crippen molar-refractivity contribution in [1.29, 1.82) is 0 Å². The quantitative estimate of drug-likeness (QED) is 0.331. The first-order chi connectivity index (χ1) is 7.38. The number of nitrogens with one attached hydrogen (secondary N) is 2. The molecule has 16 heavy (non-hydrogen) atoms. The molecule has 0 aromatic rings. The number of aliphatic hydroxyl groups is 1. The molecule has 0 saturated heterocycles. The fraction of sp³-hybridized carbons (Fsp3) is 0.625. The normalized spacial score (nSPS) is 13.7. The molecular weight excluding hydrogens is 218 g/mol. The second-order valence-electron chi connectivity index (χ2n) is 3.10. The number of hydrogen-bond acceptors (Lipinski definition) is 5. The number of carbonyl (C=O) groups excluding carboxylic acids is 2. The largest absolute Gasteiger partial charge is 0.480 e. The van der Waals surface area contributed by atoms with Crippen molar-refractivity contribution >= 4 is 17.8 Å². The van der Waals surface area contributed by atoms with E-state index in [0.717, 1.165) is 0 Å². The third-order valence-electron chi connectivity index (χ3n) is 1.70. The second kappa shape index (κ2) is 6.75. The lowest BCUT2D eigenvalue weighted by molar-refractivity contribution is -0.144. The van der Waals surface area contributed by atoms with Crippen molar-refractivity contribution in [3.05, 3.63) is 0 Å². The number of aliphatic hydroxyl groups excluding tert-OH is 1. The number of carboxylic acids is 1. The van der Waals surface area contributed by atoms with Crippen LogP contribution in [0.1, 0.15) is 6.92 Å². The molecular formula is C8H15N3O5. The SMILES string of the molecule is CC(O)C(NC(=O)CNC(=O)CN)C(=O)O. The summed E-state index contributed by atoms with van der Waals surface area (Å²) in [5, 5.41) is 21.9. The van der Waals surface area contributed by atoms with E-state index in [0.29, 0.717) is 0 Å². The maximum atomic E-state index is 11.1. The van der Waals surface area contributed by atoms with E-state index in [1.807, 2.05) is 0 Å². The first-order valence-corrected chi connectivity index (χ1v) is 4.55. The Bertz CT molecular complexity index is 279. The molecule has 0 aromatic carbocycles. The van der Waals surface area contributed by atoms with Crippen LogP contribution < -0.4 is 16.4 Å². The highest BCUT2D eigenvalue weighted by molar-refractivity contribution is 5.88. The first kappa shape index (κ1) is 14.3. The summed E-state index contributed by atoms with van der Waals surface area (Å²) in [4.78, 5) is 32.4. The number of nitrogens with two attached hydrogens (primary N) is 1. The summed E-state index contributed by atoms with van der Waals surface area (Å²) in [7, 11) is 0. The molecule has 0 bridgehead atoms. The van der Waals surface area contributed by atoms with Crippen LogP contribution >= 0.6 is 0 Å². The fourth-order valence-corrected chi connectivity index (χ4v) is 0.864. The Kier molecular flexibility index (Phi) is 6.04. The highest BCUT2D eigenvalue weighted by Crippen LogP contribution is 1.92. The van der Waals surface area contributed by atoms with Gasteiger partial charge in [-0.15, -0.1) is 0 Å². The molecule has 8 nitrogen and oxygen atoms in total. The number of aliphatic carboxylic acids is 1. The molecule has 2 unspecified atom stereocenters. The number of carbonyl (C=O) groups is 3. The van der Waals surface area contributed by atoms with Crippen LogP contribution in [0.25, 0.3) is 0 Å². The molecule has 92 valence electrons. The molecule has 2 amide bonds. The Balaban J connectivity index is 4.11. The molecule has 0 spiro atoms. The van der Waals surface area contributed by atoms with Gasteiger partial charge in [-0.2, -0.15) is 0 Å². The molecule has 0 heterocycles. The summed E-state index contributed by atoms with van der Waals surface area (Å²) in [5.41, 5.74) is 4.98. The third kappa shape index (κ3) is 5.27. The van der Waals surface area contributed by atoms with E-state index in [1.165, 1.54) is 6.92 Å². The highest BCUT2D eigenvalue weighted by Gasteiger charge is 2.24. The Morgan fingerprint density at radius 3 is 2.25 bits per heavy atom. The molecule has 0 aromatic heterocycles. The molecule has 0 aliphatic rings. The lowest BCUT2D eigenvalue weighted by Gasteiger charge is -2.16. The zero-order valence-corrected chi connectivity index (χ0v) is 8.77. The van der Waals surface area contributed by atoms with E-state index in [9.17, 15) is 14.4 Å². The van der Waals surface area contributed by atoms with E-state index >= 15 is 0 Å². The van der Waals surface area contributed by atoms with Gasteiger partial charge in [0.15, 0.2) is 6.04 Å². The molecule has 0 fully saturated rings. The molecule has 8 heteroatoms. The van der Waals surface area contributed by atoms with Crippen LogP contribution in [0, 0.1) is 0 Å². The van der Waals surface area contributed by atoms with Crippen LogP contribution in [0.3, 0.4) is 0 Å². The molecule has 0 saturated carbocycles. The smallest absolute Gasteiger partial charge is 0.328 e. The van der Waals surface area contributed by atoms with Gasteiger partial charge >= 0.3 is 5.97 Å². The topological polar surface area (TPSA) is 142 Å². The van der Waals surface area contributed by atoms with Crippen molar-refractivity contribution < 1.29 is 24.6 Å². The van der Waals surface area contributed by atoms with Crippen LogP contribution in [-0.2, 0) is 14.4 Å². The predicted molar refractivity (Wildman–Crippen MR) is 53.3 cm³/mol. The van der Waals surface area contributed by atoms with E-state index < -0.39 is 29.9 Å². The van der Waals surface area contributed by atoms with Crippen LogP contribution in [0.5, 0.6) is 0 Å². The summed E-state index contributed by atoms with van der Waals surface area (Å²) < 4.78 is 0. The van der Waals surface area contributed by atoms with E-state index in [1.54, 1.807) is 0 Å². The minimum Gasteiger partial charge on any atom is -0.480 e. The number of hydrogen-bond donors (Lipinski definition) is 5. The van der Waals surface area contributed by atoms with Crippen LogP contribution in [-0.4, -0.2) is 53.2 Å². The maximum absolute atomic E-state index is 11.1. The lowest BCUT2D eigenvalue weighted by Crippen LogP contribution is -2.50.